The SMILES string of the molecule is CCNC(=O)CC[C@H](N)C(=O)C(O)(CC(=O)[O-])C[N+](C)(C)C. The van der Waals surface area contributed by atoms with Crippen molar-refractivity contribution in [2.45, 2.75) is 37.8 Å². The Balaban J connectivity index is 4.95. The summed E-state index contributed by atoms with van der Waals surface area (Å²) in [6, 6.07) is -1.11. The zero-order valence-corrected chi connectivity index (χ0v) is 13.7. The van der Waals surface area contributed by atoms with Crippen LogP contribution in [0.15, 0.2) is 0 Å². The predicted molar refractivity (Wildman–Crippen MR) is 78.4 cm³/mol. The lowest BCUT2D eigenvalue weighted by Crippen LogP contribution is -2.60. The first-order valence-corrected chi connectivity index (χ1v) is 7.20. The lowest BCUT2D eigenvalue weighted by molar-refractivity contribution is -0.875. The molecule has 0 saturated heterocycles. The number of rotatable bonds is 10. The number of ketones is 1. The first-order chi connectivity index (χ1) is 9.91. The molecule has 0 aliphatic heterocycles. The third kappa shape index (κ3) is 7.48. The van der Waals surface area contributed by atoms with Crippen molar-refractivity contribution in [2.75, 3.05) is 34.2 Å². The van der Waals surface area contributed by atoms with E-state index in [0.29, 0.717) is 6.54 Å². The molecule has 1 amide bonds. The summed E-state index contributed by atoms with van der Waals surface area (Å²) in [5.41, 5.74) is 3.62. The van der Waals surface area contributed by atoms with Gasteiger partial charge in [0, 0.05) is 25.4 Å². The van der Waals surface area contributed by atoms with Crippen LogP contribution in [-0.2, 0) is 14.4 Å². The van der Waals surface area contributed by atoms with Gasteiger partial charge in [-0.05, 0) is 13.3 Å². The highest BCUT2D eigenvalue weighted by molar-refractivity contribution is 5.94. The second-order valence-corrected chi connectivity index (χ2v) is 6.49. The van der Waals surface area contributed by atoms with Crippen LogP contribution >= 0.6 is 0 Å². The molecule has 4 N–H and O–H groups in total. The number of quaternary nitrogens is 1. The number of aliphatic hydroxyl groups is 1. The molecular formula is C14H27N3O5. The Labute approximate surface area is 130 Å². The monoisotopic (exact) mass is 317 g/mol. The van der Waals surface area contributed by atoms with Crippen molar-refractivity contribution in [3.05, 3.63) is 0 Å². The summed E-state index contributed by atoms with van der Waals surface area (Å²) in [4.78, 5) is 34.6. The molecule has 0 aliphatic rings. The van der Waals surface area contributed by atoms with Gasteiger partial charge in [-0.1, -0.05) is 0 Å². The van der Waals surface area contributed by atoms with E-state index in [2.05, 4.69) is 5.32 Å². The number of carboxylic acids is 1. The quantitative estimate of drug-likeness (QED) is 0.378. The lowest BCUT2D eigenvalue weighted by Gasteiger charge is -2.36. The van der Waals surface area contributed by atoms with Gasteiger partial charge in [-0.3, -0.25) is 9.59 Å². The van der Waals surface area contributed by atoms with Crippen LogP contribution in [0, 0.1) is 0 Å². The number of hydrogen-bond acceptors (Lipinski definition) is 6. The van der Waals surface area contributed by atoms with Gasteiger partial charge in [0.2, 0.25) is 5.91 Å². The minimum absolute atomic E-state index is 0.0342. The first-order valence-electron chi connectivity index (χ1n) is 7.20. The molecule has 0 spiro atoms. The standard InChI is InChI=1S/C14H27N3O5/c1-5-16-11(18)7-6-10(15)13(21)14(22,8-12(19)20)9-17(2,3)4/h10,22H,5-9,15H2,1-4H3,(H-,16,18,19,20)/t10-,14?/m0/s1. The van der Waals surface area contributed by atoms with Crippen molar-refractivity contribution in [2.24, 2.45) is 5.73 Å². The second-order valence-electron chi connectivity index (χ2n) is 6.49. The highest BCUT2D eigenvalue weighted by Crippen LogP contribution is 2.18. The second kappa shape index (κ2) is 8.21. The summed E-state index contributed by atoms with van der Waals surface area (Å²) in [7, 11) is 5.15. The van der Waals surface area contributed by atoms with Crippen LogP contribution in [-0.4, -0.2) is 73.1 Å². The summed E-state index contributed by atoms with van der Waals surface area (Å²) >= 11 is 0. The van der Waals surface area contributed by atoms with Crippen molar-refractivity contribution in [3.63, 3.8) is 0 Å². The van der Waals surface area contributed by atoms with Crippen LogP contribution in [0.1, 0.15) is 26.2 Å². The zero-order valence-electron chi connectivity index (χ0n) is 13.7. The van der Waals surface area contributed by atoms with Crippen molar-refractivity contribution >= 4 is 17.7 Å². The Hall–Kier alpha value is -1.51. The van der Waals surface area contributed by atoms with E-state index in [1.807, 2.05) is 0 Å². The minimum Gasteiger partial charge on any atom is -0.550 e. The van der Waals surface area contributed by atoms with Crippen molar-refractivity contribution in [1.29, 1.82) is 0 Å². The number of aliphatic carboxylic acids is 1. The number of Topliss-reactive ketones (excluding diaryl/α,β-unsaturated/α-hetero) is 1. The van der Waals surface area contributed by atoms with Gasteiger partial charge in [0.05, 0.1) is 27.2 Å². The molecular weight excluding hydrogens is 290 g/mol. The van der Waals surface area contributed by atoms with Gasteiger partial charge in [-0.2, -0.15) is 0 Å². The number of hydrogen-bond donors (Lipinski definition) is 3. The van der Waals surface area contributed by atoms with Crippen LogP contribution < -0.4 is 16.2 Å². The molecule has 0 radical (unpaired) electrons. The molecule has 0 aromatic carbocycles. The van der Waals surface area contributed by atoms with E-state index in [9.17, 15) is 24.6 Å². The van der Waals surface area contributed by atoms with Crippen LogP contribution in [0.25, 0.3) is 0 Å². The molecule has 0 bridgehead atoms. The molecule has 2 atom stereocenters. The van der Waals surface area contributed by atoms with E-state index in [4.69, 9.17) is 5.73 Å². The number of carbonyl (C=O) groups excluding carboxylic acids is 3. The highest BCUT2D eigenvalue weighted by atomic mass is 16.4. The maximum absolute atomic E-state index is 12.3. The Morgan fingerprint density at radius 1 is 1.32 bits per heavy atom. The van der Waals surface area contributed by atoms with Gasteiger partial charge in [0.1, 0.15) is 6.54 Å². The third-order valence-corrected chi connectivity index (χ3v) is 3.02. The Bertz CT molecular complexity index is 419. The normalized spacial score (nSPS) is 15.7. The summed E-state index contributed by atoms with van der Waals surface area (Å²) in [5, 5.41) is 23.9. The number of nitrogens with zero attached hydrogens (tertiary/aromatic N) is 1. The van der Waals surface area contributed by atoms with Crippen LogP contribution in [0.5, 0.6) is 0 Å². The van der Waals surface area contributed by atoms with Gasteiger partial charge in [0.15, 0.2) is 11.4 Å². The fraction of sp³-hybridized carbons (Fsp3) is 0.786. The Kier molecular flexibility index (Phi) is 7.65. The topological polar surface area (TPSA) is 133 Å². The molecule has 0 aliphatic carbocycles. The van der Waals surface area contributed by atoms with E-state index in [1.165, 1.54) is 0 Å². The molecule has 0 rings (SSSR count). The minimum atomic E-state index is -2.11. The summed E-state index contributed by atoms with van der Waals surface area (Å²) < 4.78 is 0.179. The predicted octanol–water partition coefficient (Wildman–Crippen LogP) is -2.62. The molecule has 0 aromatic rings. The number of likely N-dealkylation sites (N-methyl/N-ethyl adjacent to an activating group) is 1. The fourth-order valence-corrected chi connectivity index (χ4v) is 2.29. The average molecular weight is 317 g/mol. The van der Waals surface area contributed by atoms with E-state index < -0.39 is 29.8 Å². The van der Waals surface area contributed by atoms with E-state index in [0.717, 1.165) is 0 Å². The van der Waals surface area contributed by atoms with Gasteiger partial charge in [0.25, 0.3) is 0 Å². The van der Waals surface area contributed by atoms with Crippen molar-refractivity contribution in [1.82, 2.24) is 5.32 Å². The smallest absolute Gasteiger partial charge is 0.220 e. The van der Waals surface area contributed by atoms with Crippen molar-refractivity contribution in [3.8, 4) is 0 Å². The van der Waals surface area contributed by atoms with E-state index in [1.54, 1.807) is 28.1 Å². The van der Waals surface area contributed by atoms with Crippen molar-refractivity contribution < 1.29 is 29.1 Å². The van der Waals surface area contributed by atoms with Gasteiger partial charge in [-0.15, -0.1) is 0 Å². The average Bonchev–Trinajstić information content (AvgIpc) is 2.32. The van der Waals surface area contributed by atoms with Crippen LogP contribution in [0.4, 0.5) is 0 Å². The van der Waals surface area contributed by atoms with Gasteiger partial charge in [-0.25, -0.2) is 0 Å². The molecule has 0 heterocycles. The molecule has 0 saturated carbocycles. The molecule has 8 nitrogen and oxygen atoms in total. The largest absolute Gasteiger partial charge is 0.550 e. The van der Waals surface area contributed by atoms with Crippen LogP contribution in [0.2, 0.25) is 0 Å². The number of carboxylic acid groups (broad SMARTS) is 1. The molecule has 8 heteroatoms. The lowest BCUT2D eigenvalue weighted by atomic mass is 9.87. The number of carbonyl (C=O) groups is 3. The molecule has 1 unspecified atom stereocenters. The maximum atomic E-state index is 12.3. The summed E-state index contributed by atoms with van der Waals surface area (Å²) in [6.45, 7) is 2.12. The maximum Gasteiger partial charge on any atom is 0.220 e. The number of nitrogens with one attached hydrogen (secondary N) is 1. The summed E-state index contributed by atoms with van der Waals surface area (Å²) in [6.07, 6.45) is -0.750. The third-order valence-electron chi connectivity index (χ3n) is 3.02. The Morgan fingerprint density at radius 2 is 1.86 bits per heavy atom. The number of amides is 1. The fourth-order valence-electron chi connectivity index (χ4n) is 2.29. The van der Waals surface area contributed by atoms with E-state index >= 15 is 0 Å². The zero-order chi connectivity index (χ0) is 17.6. The molecule has 128 valence electrons. The molecule has 0 fully saturated rings. The van der Waals surface area contributed by atoms with Gasteiger partial charge >= 0.3 is 0 Å². The summed E-state index contributed by atoms with van der Waals surface area (Å²) in [5.74, 6) is -2.56. The molecule has 22 heavy (non-hydrogen) atoms. The highest BCUT2D eigenvalue weighted by Gasteiger charge is 2.43. The van der Waals surface area contributed by atoms with E-state index in [-0.39, 0.29) is 29.8 Å². The Morgan fingerprint density at radius 3 is 2.27 bits per heavy atom. The first kappa shape index (κ1) is 20.5. The number of nitrogens with two attached hydrogens (primary N) is 1. The van der Waals surface area contributed by atoms with Crippen LogP contribution in [0.3, 0.4) is 0 Å². The molecule has 0 aromatic heterocycles. The van der Waals surface area contributed by atoms with Gasteiger partial charge < -0.3 is 30.5 Å².